The number of nitrogens with one attached hydrogen (secondary N) is 1. The molecule has 4 heterocycles. The maximum atomic E-state index is 14.2. The van der Waals surface area contributed by atoms with Crippen LogP contribution in [0.5, 0.6) is 11.6 Å². The molecule has 2 saturated heterocycles. The molecule has 10 heteroatoms. The monoisotopic (exact) mass is 590 g/mol. The molecule has 1 saturated carbocycles. The Labute approximate surface area is 252 Å². The molecular weight excluding hydrogens is 548 g/mol. The molecule has 3 amide bonds. The molecule has 43 heavy (non-hydrogen) atoms. The summed E-state index contributed by atoms with van der Waals surface area (Å²) in [5.41, 5.74) is 1.57. The van der Waals surface area contributed by atoms with Crippen LogP contribution in [0.3, 0.4) is 0 Å². The summed E-state index contributed by atoms with van der Waals surface area (Å²) in [7, 11) is 1.62. The summed E-state index contributed by atoms with van der Waals surface area (Å²) in [6.07, 6.45) is 12.3. The van der Waals surface area contributed by atoms with Crippen LogP contribution in [-0.2, 0) is 14.3 Å². The van der Waals surface area contributed by atoms with Crippen LogP contribution in [0.1, 0.15) is 63.4 Å². The summed E-state index contributed by atoms with van der Waals surface area (Å²) < 4.78 is 18.0. The van der Waals surface area contributed by atoms with E-state index in [1.165, 1.54) is 0 Å². The second-order valence-electron chi connectivity index (χ2n) is 12.2. The van der Waals surface area contributed by atoms with Gasteiger partial charge in [0.2, 0.25) is 11.8 Å². The molecule has 1 unspecified atom stereocenters. The van der Waals surface area contributed by atoms with Gasteiger partial charge in [-0.15, -0.1) is 0 Å². The lowest BCUT2D eigenvalue weighted by Crippen LogP contribution is -2.56. The summed E-state index contributed by atoms with van der Waals surface area (Å²) in [4.78, 5) is 48.1. The highest BCUT2D eigenvalue weighted by Gasteiger charge is 2.43. The number of aldehydes is 1. The van der Waals surface area contributed by atoms with Crippen LogP contribution in [-0.4, -0.2) is 90.7 Å². The lowest BCUT2D eigenvalue weighted by molar-refractivity contribution is -0.138. The first-order chi connectivity index (χ1) is 21.0. The predicted octanol–water partition coefficient (Wildman–Crippen LogP) is 4.35. The van der Waals surface area contributed by atoms with E-state index in [-0.39, 0.29) is 30.5 Å². The second-order valence-corrected chi connectivity index (χ2v) is 12.2. The molecule has 3 aliphatic heterocycles. The smallest absolute Gasteiger partial charge is 0.318 e. The SMILES string of the molecule is COc1ccc2cc3c(nc2c1)OC1C[C@@H](C=O)N(C1)C(=O)[C@H](C1CCCCC1)NC(=O)N1CC[C@@H](C1)OCCC/C=C/3. The van der Waals surface area contributed by atoms with Gasteiger partial charge in [-0.2, -0.15) is 0 Å². The van der Waals surface area contributed by atoms with E-state index in [4.69, 9.17) is 19.2 Å². The van der Waals surface area contributed by atoms with Crippen LogP contribution in [0, 0.1) is 5.92 Å². The number of fused-ring (bicyclic) bond motifs is 6. The number of carbonyl (C=O) groups is 3. The number of carbonyl (C=O) groups excluding carboxylic acids is 3. The topological polar surface area (TPSA) is 110 Å². The van der Waals surface area contributed by atoms with E-state index in [1.807, 2.05) is 30.3 Å². The highest BCUT2D eigenvalue weighted by Crippen LogP contribution is 2.32. The van der Waals surface area contributed by atoms with Crippen LogP contribution in [0.4, 0.5) is 4.79 Å². The largest absolute Gasteiger partial charge is 0.497 e. The second kappa shape index (κ2) is 13.3. The molecule has 3 fully saturated rings. The normalized spacial score (nSPS) is 28.3. The van der Waals surface area contributed by atoms with Crippen molar-refractivity contribution in [1.82, 2.24) is 20.1 Å². The summed E-state index contributed by atoms with van der Waals surface area (Å²) in [6, 6.07) is 6.25. The van der Waals surface area contributed by atoms with E-state index >= 15 is 0 Å². The number of nitrogens with zero attached hydrogens (tertiary/aromatic N) is 3. The van der Waals surface area contributed by atoms with Gasteiger partial charge in [-0.1, -0.05) is 31.4 Å². The number of benzene rings is 1. The maximum Gasteiger partial charge on any atom is 0.318 e. The zero-order chi connectivity index (χ0) is 29.8. The Hall–Kier alpha value is -3.66. The van der Waals surface area contributed by atoms with Crippen LogP contribution >= 0.6 is 0 Å². The lowest BCUT2D eigenvalue weighted by atomic mass is 9.83. The minimum atomic E-state index is -0.680. The first-order valence-corrected chi connectivity index (χ1v) is 15.8. The Kier molecular flexibility index (Phi) is 9.11. The molecule has 4 bridgehead atoms. The van der Waals surface area contributed by atoms with Gasteiger partial charge < -0.3 is 34.1 Å². The molecule has 1 aromatic heterocycles. The number of rotatable bonds is 3. The van der Waals surface area contributed by atoms with Crippen LogP contribution in [0.2, 0.25) is 0 Å². The van der Waals surface area contributed by atoms with Gasteiger partial charge in [-0.3, -0.25) is 4.79 Å². The molecule has 2 aromatic rings. The van der Waals surface area contributed by atoms with Crippen LogP contribution in [0.15, 0.2) is 30.3 Å². The van der Waals surface area contributed by atoms with Gasteiger partial charge in [0.25, 0.3) is 0 Å². The quantitative estimate of drug-likeness (QED) is 0.530. The van der Waals surface area contributed by atoms with Gasteiger partial charge in [-0.05, 0) is 56.2 Å². The Balaban J connectivity index is 1.32. The molecule has 10 nitrogen and oxygen atoms in total. The molecule has 1 aromatic carbocycles. The van der Waals surface area contributed by atoms with Crippen molar-refractivity contribution in [1.29, 1.82) is 0 Å². The Bertz CT molecular complexity index is 1360. The average molecular weight is 591 g/mol. The first kappa shape index (κ1) is 29.4. The van der Waals surface area contributed by atoms with Crippen molar-refractivity contribution >= 4 is 35.2 Å². The van der Waals surface area contributed by atoms with Crippen molar-refractivity contribution in [2.45, 2.75) is 82.1 Å². The molecule has 1 N–H and O–H groups in total. The van der Waals surface area contributed by atoms with E-state index in [2.05, 4.69) is 11.4 Å². The summed E-state index contributed by atoms with van der Waals surface area (Å²) in [5.74, 6) is 0.989. The molecule has 0 spiro atoms. The average Bonchev–Trinajstić information content (AvgIpc) is 3.68. The number of hydrogen-bond donors (Lipinski definition) is 1. The van der Waals surface area contributed by atoms with Gasteiger partial charge in [0, 0.05) is 43.1 Å². The fourth-order valence-corrected chi connectivity index (χ4v) is 6.90. The number of hydrogen-bond acceptors (Lipinski definition) is 7. The fraction of sp³-hybridized carbons (Fsp3) is 0.576. The van der Waals surface area contributed by atoms with Crippen molar-refractivity contribution in [3.8, 4) is 11.6 Å². The standard InChI is InChI=1S/C33H42N4O6/c1-41-26-12-11-23-16-24-10-6-3-7-15-42-27-13-14-36(19-27)33(40)35-30(22-8-4-2-5-9-22)32(39)37-20-28(17-25(37)21-38)43-31(24)34-29(23)18-26/h6,10-12,16,18,21-22,25,27-28,30H,2-5,7-9,13-15,17,19-20H2,1H3,(H,35,40)/b10-6+/t25-,27-,28?,30-/m0/s1. The van der Waals surface area contributed by atoms with E-state index in [9.17, 15) is 14.4 Å². The van der Waals surface area contributed by atoms with Crippen LogP contribution < -0.4 is 14.8 Å². The lowest BCUT2D eigenvalue weighted by Gasteiger charge is -2.34. The highest BCUT2D eigenvalue weighted by atomic mass is 16.5. The predicted molar refractivity (Wildman–Crippen MR) is 162 cm³/mol. The number of urea groups is 1. The molecule has 1 aliphatic carbocycles. The zero-order valence-electron chi connectivity index (χ0n) is 24.9. The molecule has 4 aliphatic rings. The van der Waals surface area contributed by atoms with Crippen molar-refractivity contribution in [2.24, 2.45) is 5.92 Å². The number of amides is 3. The Morgan fingerprint density at radius 2 is 1.91 bits per heavy atom. The van der Waals surface area contributed by atoms with Crippen molar-refractivity contribution in [2.75, 3.05) is 33.4 Å². The summed E-state index contributed by atoms with van der Waals surface area (Å²) >= 11 is 0. The summed E-state index contributed by atoms with van der Waals surface area (Å²) in [6.45, 7) is 1.97. The molecule has 4 atom stereocenters. The number of methoxy groups -OCH3 is 1. The van der Waals surface area contributed by atoms with E-state index in [0.717, 1.165) is 74.1 Å². The van der Waals surface area contributed by atoms with Crippen molar-refractivity contribution in [3.05, 3.63) is 35.9 Å². The minimum absolute atomic E-state index is 0.0129. The minimum Gasteiger partial charge on any atom is -0.497 e. The number of aromatic nitrogens is 1. The maximum absolute atomic E-state index is 14.2. The highest BCUT2D eigenvalue weighted by molar-refractivity contribution is 5.89. The summed E-state index contributed by atoms with van der Waals surface area (Å²) in [5, 5.41) is 4.06. The van der Waals surface area contributed by atoms with Crippen molar-refractivity contribution < 1.29 is 28.6 Å². The van der Waals surface area contributed by atoms with Gasteiger partial charge >= 0.3 is 6.03 Å². The molecule has 6 rings (SSSR count). The van der Waals surface area contributed by atoms with E-state index in [1.54, 1.807) is 16.9 Å². The van der Waals surface area contributed by atoms with E-state index < -0.39 is 18.2 Å². The van der Waals surface area contributed by atoms with Gasteiger partial charge in [0.1, 0.15) is 24.2 Å². The van der Waals surface area contributed by atoms with Gasteiger partial charge in [0.05, 0.1) is 31.3 Å². The Morgan fingerprint density at radius 1 is 1.05 bits per heavy atom. The van der Waals surface area contributed by atoms with Gasteiger partial charge in [0.15, 0.2) is 0 Å². The van der Waals surface area contributed by atoms with E-state index in [0.29, 0.717) is 37.7 Å². The first-order valence-electron chi connectivity index (χ1n) is 15.8. The third kappa shape index (κ3) is 6.64. The third-order valence-corrected chi connectivity index (χ3v) is 9.31. The molecule has 0 radical (unpaired) electrons. The molecular formula is C33H42N4O6. The third-order valence-electron chi connectivity index (χ3n) is 9.31. The number of pyridine rings is 1. The van der Waals surface area contributed by atoms with Gasteiger partial charge in [-0.25, -0.2) is 9.78 Å². The van der Waals surface area contributed by atoms with Crippen LogP contribution in [0.25, 0.3) is 17.0 Å². The molecule has 230 valence electrons. The zero-order valence-corrected chi connectivity index (χ0v) is 24.9. The number of allylic oxidation sites excluding steroid dienone is 1. The Morgan fingerprint density at radius 3 is 2.72 bits per heavy atom. The number of ether oxygens (including phenoxy) is 3. The van der Waals surface area contributed by atoms with Crippen molar-refractivity contribution in [3.63, 3.8) is 0 Å². The fourth-order valence-electron chi connectivity index (χ4n) is 6.90.